The number of allylic oxidation sites excluding steroid dienone is 1. The quantitative estimate of drug-likeness (QED) is 0.750. The lowest BCUT2D eigenvalue weighted by atomic mass is 9.64. The summed E-state index contributed by atoms with van der Waals surface area (Å²) in [6.45, 7) is 7.80. The Kier molecular flexibility index (Phi) is 3.59. The number of fused-ring (bicyclic) bond motifs is 2. The molecule has 0 amide bonds. The topological polar surface area (TPSA) is 18.5 Å². The van der Waals surface area contributed by atoms with Gasteiger partial charge in [0.15, 0.2) is 0 Å². The molecule has 0 radical (unpaired) electrons. The van der Waals surface area contributed by atoms with Gasteiger partial charge in [0, 0.05) is 11.5 Å². The first-order chi connectivity index (χ1) is 9.63. The Hall–Kier alpha value is -1.28. The van der Waals surface area contributed by atoms with Gasteiger partial charge in [-0.05, 0) is 30.7 Å². The van der Waals surface area contributed by atoms with E-state index in [0.29, 0.717) is 23.7 Å². The van der Waals surface area contributed by atoms with Gasteiger partial charge in [-0.3, -0.25) is 0 Å². The Bertz CT molecular complexity index is 520. The maximum absolute atomic E-state index is 6.26. The zero-order valence-electron chi connectivity index (χ0n) is 12.8. The number of rotatable bonds is 2. The van der Waals surface area contributed by atoms with Gasteiger partial charge in [-0.15, -0.1) is 0 Å². The third-order valence-electron chi connectivity index (χ3n) is 5.21. The van der Waals surface area contributed by atoms with E-state index in [9.17, 15) is 0 Å². The molecule has 1 aromatic rings. The molecule has 5 atom stereocenters. The average Bonchev–Trinajstić information content (AvgIpc) is 2.44. The summed E-state index contributed by atoms with van der Waals surface area (Å²) in [5.41, 5.74) is 2.66. The summed E-state index contributed by atoms with van der Waals surface area (Å²) >= 11 is 0. The van der Waals surface area contributed by atoms with E-state index in [1.807, 2.05) is 12.1 Å². The fourth-order valence-corrected chi connectivity index (χ4v) is 4.13. The van der Waals surface area contributed by atoms with Crippen LogP contribution in [0.4, 0.5) is 0 Å². The number of methoxy groups -OCH3 is 1. The molecule has 1 aromatic carbocycles. The van der Waals surface area contributed by atoms with Crippen LogP contribution in [0.3, 0.4) is 0 Å². The second-order valence-corrected chi connectivity index (χ2v) is 6.31. The zero-order valence-corrected chi connectivity index (χ0v) is 12.8. The molecule has 2 nitrogen and oxygen atoms in total. The first kappa shape index (κ1) is 13.7. The lowest BCUT2D eigenvalue weighted by Crippen LogP contribution is -2.42. The second kappa shape index (κ2) is 5.25. The van der Waals surface area contributed by atoms with Crippen LogP contribution in [0, 0.1) is 23.7 Å². The normalized spacial score (nSPS) is 36.4. The van der Waals surface area contributed by atoms with E-state index in [1.165, 1.54) is 11.1 Å². The van der Waals surface area contributed by atoms with E-state index >= 15 is 0 Å². The van der Waals surface area contributed by atoms with Crippen LogP contribution in [0.15, 0.2) is 35.9 Å². The Balaban J connectivity index is 2.01. The molecule has 108 valence electrons. The molecule has 0 N–H and O–H groups in total. The molecule has 1 fully saturated rings. The molecule has 1 heterocycles. The number of ether oxygens (including phenoxy) is 2. The summed E-state index contributed by atoms with van der Waals surface area (Å²) in [4.78, 5) is 0. The van der Waals surface area contributed by atoms with Crippen LogP contribution in [0.1, 0.15) is 32.4 Å². The first-order valence-electron chi connectivity index (χ1n) is 7.56. The highest BCUT2D eigenvalue weighted by atomic mass is 16.5. The maximum atomic E-state index is 6.26. The highest BCUT2D eigenvalue weighted by Crippen LogP contribution is 2.50. The van der Waals surface area contributed by atoms with Crippen molar-refractivity contribution in [2.45, 2.75) is 26.9 Å². The third-order valence-corrected chi connectivity index (χ3v) is 5.21. The molecular formula is C18H24O2. The molecule has 1 aliphatic heterocycles. The smallest absolute Gasteiger partial charge is 0.124 e. The van der Waals surface area contributed by atoms with Crippen LogP contribution in [-0.4, -0.2) is 13.7 Å². The Morgan fingerprint density at radius 2 is 1.95 bits per heavy atom. The molecule has 0 unspecified atom stereocenters. The lowest BCUT2D eigenvalue weighted by Gasteiger charge is -2.47. The fourth-order valence-electron chi connectivity index (χ4n) is 4.13. The number of benzene rings is 1. The highest BCUT2D eigenvalue weighted by Gasteiger charge is 2.44. The fraction of sp³-hybridized carbons (Fsp3) is 0.556. The summed E-state index contributed by atoms with van der Waals surface area (Å²) in [6.07, 6.45) is 2.57. The van der Waals surface area contributed by atoms with E-state index < -0.39 is 0 Å². The van der Waals surface area contributed by atoms with Crippen molar-refractivity contribution in [3.63, 3.8) is 0 Å². The van der Waals surface area contributed by atoms with Crippen molar-refractivity contribution < 1.29 is 9.47 Å². The van der Waals surface area contributed by atoms with E-state index in [0.717, 1.165) is 12.4 Å². The zero-order chi connectivity index (χ0) is 14.3. The summed E-state index contributed by atoms with van der Waals surface area (Å²) in [5.74, 6) is 3.35. The van der Waals surface area contributed by atoms with Crippen molar-refractivity contribution in [3.05, 3.63) is 41.5 Å². The van der Waals surface area contributed by atoms with Gasteiger partial charge in [-0.1, -0.05) is 43.7 Å². The van der Waals surface area contributed by atoms with Crippen molar-refractivity contribution in [2.75, 3.05) is 13.7 Å². The van der Waals surface area contributed by atoms with Gasteiger partial charge in [0.1, 0.15) is 5.75 Å². The van der Waals surface area contributed by atoms with Crippen LogP contribution in [0.5, 0.6) is 5.75 Å². The standard InChI is InChI=1S/C18H24O2/c1-11-9-12(2)17-13(3)15(11)10-20-18(17)14-7-5-6-8-16(14)19-4/h5-9,11,13,15,17-18H,10H2,1-4H3/t11-,13+,15-,17-,18-/m0/s1. The molecule has 2 bridgehead atoms. The van der Waals surface area contributed by atoms with Crippen molar-refractivity contribution in [2.24, 2.45) is 23.7 Å². The van der Waals surface area contributed by atoms with Crippen molar-refractivity contribution in [3.8, 4) is 5.75 Å². The van der Waals surface area contributed by atoms with Crippen molar-refractivity contribution >= 4 is 0 Å². The largest absolute Gasteiger partial charge is 0.496 e. The van der Waals surface area contributed by atoms with E-state index in [2.05, 4.69) is 39.0 Å². The van der Waals surface area contributed by atoms with E-state index in [4.69, 9.17) is 9.47 Å². The molecule has 2 heteroatoms. The predicted molar refractivity (Wildman–Crippen MR) is 80.8 cm³/mol. The van der Waals surface area contributed by atoms with Crippen LogP contribution in [-0.2, 0) is 4.74 Å². The minimum absolute atomic E-state index is 0.126. The third kappa shape index (κ3) is 2.07. The van der Waals surface area contributed by atoms with E-state index in [-0.39, 0.29) is 6.10 Å². The van der Waals surface area contributed by atoms with Gasteiger partial charge in [0.2, 0.25) is 0 Å². The van der Waals surface area contributed by atoms with Crippen molar-refractivity contribution in [1.82, 2.24) is 0 Å². The molecule has 0 saturated carbocycles. The Morgan fingerprint density at radius 3 is 2.70 bits per heavy atom. The van der Waals surface area contributed by atoms with Crippen LogP contribution in [0.2, 0.25) is 0 Å². The summed E-state index contributed by atoms with van der Waals surface area (Å²) in [6, 6.07) is 8.26. The molecule has 0 spiro atoms. The molecular weight excluding hydrogens is 248 g/mol. The Labute approximate surface area is 121 Å². The van der Waals surface area contributed by atoms with Gasteiger partial charge in [-0.25, -0.2) is 0 Å². The van der Waals surface area contributed by atoms with Gasteiger partial charge in [-0.2, -0.15) is 0 Å². The van der Waals surface area contributed by atoms with Crippen molar-refractivity contribution in [1.29, 1.82) is 0 Å². The van der Waals surface area contributed by atoms with Gasteiger partial charge in [0.05, 0.1) is 19.8 Å². The minimum atomic E-state index is 0.126. The van der Waals surface area contributed by atoms with Crippen LogP contribution >= 0.6 is 0 Å². The predicted octanol–water partition coefficient (Wildman–Crippen LogP) is 4.23. The van der Waals surface area contributed by atoms with Gasteiger partial charge in [0.25, 0.3) is 0 Å². The highest BCUT2D eigenvalue weighted by molar-refractivity contribution is 5.37. The lowest BCUT2D eigenvalue weighted by molar-refractivity contribution is -0.0941. The van der Waals surface area contributed by atoms with Crippen LogP contribution < -0.4 is 4.74 Å². The first-order valence-corrected chi connectivity index (χ1v) is 7.56. The number of hydrogen-bond acceptors (Lipinski definition) is 2. The Morgan fingerprint density at radius 1 is 1.20 bits per heavy atom. The molecule has 1 saturated heterocycles. The SMILES string of the molecule is COc1ccccc1[C@@H]1OC[C@@H]2[C@@H](C)[C@@H]1C(C)=C[C@@H]2C. The molecule has 2 aliphatic rings. The second-order valence-electron chi connectivity index (χ2n) is 6.31. The minimum Gasteiger partial charge on any atom is -0.496 e. The summed E-state index contributed by atoms with van der Waals surface area (Å²) in [7, 11) is 1.74. The van der Waals surface area contributed by atoms with Gasteiger partial charge < -0.3 is 9.47 Å². The van der Waals surface area contributed by atoms with E-state index in [1.54, 1.807) is 7.11 Å². The molecule has 1 aliphatic carbocycles. The molecule has 0 aromatic heterocycles. The van der Waals surface area contributed by atoms with Gasteiger partial charge >= 0.3 is 0 Å². The maximum Gasteiger partial charge on any atom is 0.124 e. The summed E-state index contributed by atoms with van der Waals surface area (Å²) in [5, 5.41) is 0. The molecule has 3 rings (SSSR count). The number of para-hydroxylation sites is 1. The monoisotopic (exact) mass is 272 g/mol. The van der Waals surface area contributed by atoms with Crippen LogP contribution in [0.25, 0.3) is 0 Å². The molecule has 20 heavy (non-hydrogen) atoms. The summed E-state index contributed by atoms with van der Waals surface area (Å²) < 4.78 is 11.8. The number of hydrogen-bond donors (Lipinski definition) is 0. The average molecular weight is 272 g/mol.